The third kappa shape index (κ3) is 5.19. The van der Waals surface area contributed by atoms with Gasteiger partial charge < -0.3 is 15.8 Å². The monoisotopic (exact) mass is 334 g/mol. The van der Waals surface area contributed by atoms with Crippen molar-refractivity contribution in [2.45, 2.75) is 32.2 Å². The van der Waals surface area contributed by atoms with E-state index in [2.05, 4.69) is 10.1 Å². The number of esters is 1. The molecule has 0 spiro atoms. The molecule has 1 aromatic carbocycles. The molecule has 3 N–H and O–H groups in total. The van der Waals surface area contributed by atoms with E-state index in [4.69, 9.17) is 17.3 Å². The van der Waals surface area contributed by atoms with E-state index in [0.717, 1.165) is 6.42 Å². The molecule has 0 aliphatic heterocycles. The summed E-state index contributed by atoms with van der Waals surface area (Å²) in [5.74, 6) is -0.816. The van der Waals surface area contributed by atoms with Crippen LogP contribution >= 0.6 is 24.0 Å². The minimum atomic E-state index is -0.942. The zero-order chi connectivity index (χ0) is 15.3. The molecule has 1 unspecified atom stereocenters. The van der Waals surface area contributed by atoms with Crippen LogP contribution in [0.4, 0.5) is 5.69 Å². The van der Waals surface area contributed by atoms with Crippen LogP contribution in [-0.4, -0.2) is 24.5 Å². The number of amides is 1. The molecule has 118 valence electrons. The Morgan fingerprint density at radius 1 is 1.43 bits per heavy atom. The van der Waals surface area contributed by atoms with Gasteiger partial charge in [0.25, 0.3) is 0 Å². The van der Waals surface area contributed by atoms with Crippen LogP contribution in [0.5, 0.6) is 0 Å². The predicted molar refractivity (Wildman–Crippen MR) is 86.2 cm³/mol. The lowest BCUT2D eigenvalue weighted by Crippen LogP contribution is -2.48. The maximum atomic E-state index is 12.0. The molecule has 5 nitrogen and oxygen atoms in total. The molecular formula is C14H20Cl2N2O3. The Kier molecular flexibility index (Phi) is 7.71. The Morgan fingerprint density at radius 2 is 2.05 bits per heavy atom. The van der Waals surface area contributed by atoms with E-state index in [-0.39, 0.29) is 28.9 Å². The molecule has 0 aromatic heterocycles. The third-order valence-electron chi connectivity index (χ3n) is 2.92. The Bertz CT molecular complexity index is 519. The van der Waals surface area contributed by atoms with Crippen LogP contribution in [0.3, 0.4) is 0 Å². The first-order valence-electron chi connectivity index (χ1n) is 6.30. The Balaban J connectivity index is 0.00000400. The van der Waals surface area contributed by atoms with E-state index in [1.165, 1.54) is 19.2 Å². The summed E-state index contributed by atoms with van der Waals surface area (Å²) < 4.78 is 4.59. The summed E-state index contributed by atoms with van der Waals surface area (Å²) >= 11 is 5.98. The van der Waals surface area contributed by atoms with Crippen molar-refractivity contribution in [1.29, 1.82) is 0 Å². The van der Waals surface area contributed by atoms with E-state index in [0.29, 0.717) is 12.1 Å². The molecule has 1 aromatic rings. The van der Waals surface area contributed by atoms with E-state index in [1.807, 2.05) is 6.92 Å². The fraction of sp³-hybridized carbons (Fsp3) is 0.429. The van der Waals surface area contributed by atoms with Gasteiger partial charge in [-0.25, -0.2) is 4.79 Å². The molecule has 1 rings (SSSR count). The van der Waals surface area contributed by atoms with E-state index in [1.54, 1.807) is 13.0 Å². The third-order valence-corrected chi connectivity index (χ3v) is 3.23. The first-order valence-corrected chi connectivity index (χ1v) is 6.67. The van der Waals surface area contributed by atoms with Gasteiger partial charge in [0.05, 0.1) is 23.2 Å². The van der Waals surface area contributed by atoms with Crippen LogP contribution in [-0.2, 0) is 9.53 Å². The Labute approximate surface area is 135 Å². The molecule has 1 atom stereocenters. The molecule has 7 heteroatoms. The van der Waals surface area contributed by atoms with Crippen molar-refractivity contribution in [1.82, 2.24) is 0 Å². The minimum Gasteiger partial charge on any atom is -0.465 e. The van der Waals surface area contributed by atoms with Gasteiger partial charge in [-0.15, -0.1) is 12.4 Å². The zero-order valence-corrected chi connectivity index (χ0v) is 13.8. The number of carbonyl (C=O) groups is 2. The quantitative estimate of drug-likeness (QED) is 0.811. The van der Waals surface area contributed by atoms with Crippen molar-refractivity contribution in [2.24, 2.45) is 5.73 Å². The molecule has 1 amide bonds. The maximum Gasteiger partial charge on any atom is 0.339 e. The average Bonchev–Trinajstić information content (AvgIpc) is 2.38. The number of hydrogen-bond donors (Lipinski definition) is 2. The number of nitrogens with one attached hydrogen (secondary N) is 1. The topological polar surface area (TPSA) is 81.4 Å². The van der Waals surface area contributed by atoms with Crippen LogP contribution in [0.15, 0.2) is 18.2 Å². The first kappa shape index (κ1) is 19.7. The summed E-state index contributed by atoms with van der Waals surface area (Å²) in [5.41, 5.74) is 5.73. The van der Waals surface area contributed by atoms with Gasteiger partial charge in [-0.3, -0.25) is 4.79 Å². The smallest absolute Gasteiger partial charge is 0.339 e. The summed E-state index contributed by atoms with van der Waals surface area (Å²) in [6.07, 6.45) is 1.38. The van der Waals surface area contributed by atoms with Crippen molar-refractivity contribution in [3.8, 4) is 0 Å². The molecule has 21 heavy (non-hydrogen) atoms. The average molecular weight is 335 g/mol. The van der Waals surface area contributed by atoms with Crippen LogP contribution < -0.4 is 11.1 Å². The first-order chi connectivity index (χ1) is 9.31. The van der Waals surface area contributed by atoms with Gasteiger partial charge in [0.15, 0.2) is 0 Å². The summed E-state index contributed by atoms with van der Waals surface area (Å²) in [7, 11) is 1.28. The van der Waals surface area contributed by atoms with Gasteiger partial charge in [0.2, 0.25) is 5.91 Å². The molecule has 0 saturated heterocycles. The van der Waals surface area contributed by atoms with Crippen molar-refractivity contribution >= 4 is 41.6 Å². The summed E-state index contributed by atoms with van der Waals surface area (Å²) in [6, 6.07) is 4.57. The normalized spacial score (nSPS) is 12.8. The SMILES string of the molecule is CCCC(C)(N)C(=O)Nc1ccc(C(=O)OC)c(Cl)c1.Cl. The summed E-state index contributed by atoms with van der Waals surface area (Å²) in [4.78, 5) is 23.4. The van der Waals surface area contributed by atoms with E-state index < -0.39 is 11.5 Å². The standard InChI is InChI=1S/C14H19ClN2O3.ClH/c1-4-7-14(2,16)13(19)17-9-5-6-10(11(15)8-9)12(18)20-3;/h5-6,8H,4,7,16H2,1-3H3,(H,17,19);1H. The molecule has 0 radical (unpaired) electrons. The molecule has 0 heterocycles. The van der Waals surface area contributed by atoms with Gasteiger partial charge in [-0.1, -0.05) is 24.9 Å². The highest BCUT2D eigenvalue weighted by Crippen LogP contribution is 2.22. The number of halogens is 2. The van der Waals surface area contributed by atoms with Crippen LogP contribution in [0.2, 0.25) is 5.02 Å². The maximum absolute atomic E-state index is 12.0. The van der Waals surface area contributed by atoms with Gasteiger partial charge in [0.1, 0.15) is 0 Å². The Morgan fingerprint density at radius 3 is 2.52 bits per heavy atom. The number of rotatable bonds is 5. The minimum absolute atomic E-state index is 0. The van der Waals surface area contributed by atoms with Crippen LogP contribution in [0.1, 0.15) is 37.0 Å². The van der Waals surface area contributed by atoms with Gasteiger partial charge in [0, 0.05) is 5.69 Å². The van der Waals surface area contributed by atoms with Gasteiger partial charge >= 0.3 is 5.97 Å². The van der Waals surface area contributed by atoms with Crippen molar-refractivity contribution in [3.63, 3.8) is 0 Å². The summed E-state index contributed by atoms with van der Waals surface area (Å²) in [5, 5.41) is 2.90. The second-order valence-corrected chi connectivity index (χ2v) is 5.21. The second-order valence-electron chi connectivity index (χ2n) is 4.81. The second kappa shape index (κ2) is 8.22. The Hall–Kier alpha value is -1.30. The number of methoxy groups -OCH3 is 1. The predicted octanol–water partition coefficient (Wildman–Crippen LogP) is 3.00. The fourth-order valence-electron chi connectivity index (χ4n) is 1.78. The summed E-state index contributed by atoms with van der Waals surface area (Å²) in [6.45, 7) is 3.64. The number of benzene rings is 1. The lowest BCUT2D eigenvalue weighted by Gasteiger charge is -2.23. The molecule has 0 aliphatic rings. The van der Waals surface area contributed by atoms with Crippen LogP contribution in [0.25, 0.3) is 0 Å². The number of hydrogen-bond acceptors (Lipinski definition) is 4. The highest BCUT2D eigenvalue weighted by molar-refractivity contribution is 6.34. The molecule has 0 bridgehead atoms. The molecule has 0 saturated carbocycles. The zero-order valence-electron chi connectivity index (χ0n) is 12.2. The van der Waals surface area contributed by atoms with E-state index >= 15 is 0 Å². The van der Waals surface area contributed by atoms with Crippen molar-refractivity contribution in [2.75, 3.05) is 12.4 Å². The van der Waals surface area contributed by atoms with E-state index in [9.17, 15) is 9.59 Å². The van der Waals surface area contributed by atoms with Gasteiger partial charge in [-0.2, -0.15) is 0 Å². The van der Waals surface area contributed by atoms with Crippen molar-refractivity contribution < 1.29 is 14.3 Å². The number of anilines is 1. The fourth-order valence-corrected chi connectivity index (χ4v) is 2.03. The molecule has 0 fully saturated rings. The van der Waals surface area contributed by atoms with Gasteiger partial charge in [-0.05, 0) is 31.5 Å². The van der Waals surface area contributed by atoms with Crippen LogP contribution in [0, 0.1) is 0 Å². The molecule has 0 aliphatic carbocycles. The van der Waals surface area contributed by atoms with Crippen molar-refractivity contribution in [3.05, 3.63) is 28.8 Å². The lowest BCUT2D eigenvalue weighted by molar-refractivity contribution is -0.120. The number of nitrogens with two attached hydrogens (primary N) is 1. The highest BCUT2D eigenvalue weighted by Gasteiger charge is 2.27. The highest BCUT2D eigenvalue weighted by atomic mass is 35.5. The number of carbonyl (C=O) groups excluding carboxylic acids is 2. The molecular weight excluding hydrogens is 315 g/mol. The lowest BCUT2D eigenvalue weighted by atomic mass is 9.96. The largest absolute Gasteiger partial charge is 0.465 e. The number of ether oxygens (including phenoxy) is 1.